The Hall–Kier alpha value is -3.12. The number of rotatable bonds is 6. The Balaban J connectivity index is 1.79. The summed E-state index contributed by atoms with van der Waals surface area (Å²) in [6, 6.07) is 21.5. The van der Waals surface area contributed by atoms with E-state index >= 15 is 0 Å². The predicted molar refractivity (Wildman–Crippen MR) is 119 cm³/mol. The van der Waals surface area contributed by atoms with Crippen LogP contribution in [0, 0.1) is 0 Å². The van der Waals surface area contributed by atoms with E-state index in [0.29, 0.717) is 33.6 Å². The molecule has 0 radical (unpaired) electrons. The minimum atomic E-state index is -0.270. The Morgan fingerprint density at radius 3 is 2.38 bits per heavy atom. The summed E-state index contributed by atoms with van der Waals surface area (Å²) < 4.78 is 5.88. The summed E-state index contributed by atoms with van der Waals surface area (Å²) in [6.45, 7) is 2.47. The summed E-state index contributed by atoms with van der Waals surface area (Å²) in [5.74, 6) is 0.255. The third-order valence-electron chi connectivity index (χ3n) is 4.41. The van der Waals surface area contributed by atoms with Crippen LogP contribution in [-0.2, 0) is 0 Å². The summed E-state index contributed by atoms with van der Waals surface area (Å²) in [4.78, 5) is 27.3. The van der Waals surface area contributed by atoms with Gasteiger partial charge >= 0.3 is 0 Å². The molecule has 6 heteroatoms. The largest absolute Gasteiger partial charge is 0.496 e. The van der Waals surface area contributed by atoms with Gasteiger partial charge in [-0.15, -0.1) is 0 Å². The molecule has 0 saturated carbocycles. The highest BCUT2D eigenvalue weighted by Gasteiger charge is 2.17. The van der Waals surface area contributed by atoms with E-state index in [-0.39, 0.29) is 11.8 Å². The molecule has 3 rings (SSSR count). The Morgan fingerprint density at radius 1 is 0.966 bits per heavy atom. The number of halogens is 1. The first kappa shape index (κ1) is 20.6. The molecule has 3 aromatic carbocycles. The number of carbonyl (C=O) groups is 2. The van der Waals surface area contributed by atoms with Gasteiger partial charge in [0, 0.05) is 29.0 Å². The van der Waals surface area contributed by atoms with Crippen LogP contribution in [0.4, 0.5) is 11.4 Å². The maximum atomic E-state index is 13.0. The first-order valence-corrected chi connectivity index (χ1v) is 9.94. The molecular formula is C23H21BrN2O3. The van der Waals surface area contributed by atoms with Crippen LogP contribution in [-0.4, -0.2) is 25.5 Å². The molecule has 29 heavy (non-hydrogen) atoms. The molecule has 0 aromatic heterocycles. The molecule has 0 unspecified atom stereocenters. The van der Waals surface area contributed by atoms with E-state index in [9.17, 15) is 9.59 Å². The first-order chi connectivity index (χ1) is 14.0. The molecular weight excluding hydrogens is 432 g/mol. The number of hydrogen-bond acceptors (Lipinski definition) is 3. The average Bonchev–Trinajstić information content (AvgIpc) is 2.75. The number of nitrogens with one attached hydrogen (secondary N) is 1. The summed E-state index contributed by atoms with van der Waals surface area (Å²) in [6.07, 6.45) is 0. The molecule has 0 heterocycles. The van der Waals surface area contributed by atoms with Gasteiger partial charge in [-0.2, -0.15) is 0 Å². The van der Waals surface area contributed by atoms with Crippen LogP contribution in [0.3, 0.4) is 0 Å². The minimum Gasteiger partial charge on any atom is -0.496 e. The number of methoxy groups -OCH3 is 1. The van der Waals surface area contributed by atoms with Gasteiger partial charge in [0.15, 0.2) is 0 Å². The predicted octanol–water partition coefficient (Wildman–Crippen LogP) is 5.38. The number of ether oxygens (including phenoxy) is 1. The van der Waals surface area contributed by atoms with Gasteiger partial charge in [0.25, 0.3) is 11.8 Å². The van der Waals surface area contributed by atoms with Crippen molar-refractivity contribution >= 4 is 39.1 Å². The molecule has 0 aliphatic heterocycles. The third kappa shape index (κ3) is 4.84. The van der Waals surface area contributed by atoms with Crippen LogP contribution in [0.2, 0.25) is 0 Å². The number of anilines is 2. The van der Waals surface area contributed by atoms with Crippen molar-refractivity contribution in [3.8, 4) is 5.75 Å². The van der Waals surface area contributed by atoms with Gasteiger partial charge in [0.2, 0.25) is 0 Å². The zero-order valence-corrected chi connectivity index (χ0v) is 17.8. The lowest BCUT2D eigenvalue weighted by Gasteiger charge is -2.21. The number of carbonyl (C=O) groups excluding carboxylic acids is 2. The van der Waals surface area contributed by atoms with Crippen LogP contribution in [0.15, 0.2) is 77.3 Å². The van der Waals surface area contributed by atoms with Crippen molar-refractivity contribution in [2.75, 3.05) is 23.9 Å². The lowest BCUT2D eigenvalue weighted by molar-refractivity contribution is 0.0985. The lowest BCUT2D eigenvalue weighted by atomic mass is 10.1. The molecule has 0 bridgehead atoms. The van der Waals surface area contributed by atoms with Gasteiger partial charge in [0.1, 0.15) is 5.75 Å². The quantitative estimate of drug-likeness (QED) is 0.546. The molecule has 3 aromatic rings. The fourth-order valence-corrected chi connectivity index (χ4v) is 3.49. The van der Waals surface area contributed by atoms with Crippen molar-refractivity contribution in [2.24, 2.45) is 0 Å². The van der Waals surface area contributed by atoms with Crippen LogP contribution in [0.1, 0.15) is 27.6 Å². The lowest BCUT2D eigenvalue weighted by Crippen LogP contribution is -2.30. The Bertz CT molecular complexity index is 1020. The fraction of sp³-hybridized carbons (Fsp3) is 0.130. The summed E-state index contributed by atoms with van der Waals surface area (Å²) in [5, 5.41) is 2.84. The number of hydrogen-bond donors (Lipinski definition) is 1. The van der Waals surface area contributed by atoms with Gasteiger partial charge < -0.3 is 15.0 Å². The molecule has 0 atom stereocenters. The van der Waals surface area contributed by atoms with Crippen LogP contribution in [0.5, 0.6) is 5.75 Å². The van der Waals surface area contributed by atoms with E-state index < -0.39 is 0 Å². The van der Waals surface area contributed by atoms with Gasteiger partial charge in [-0.3, -0.25) is 9.59 Å². The van der Waals surface area contributed by atoms with Gasteiger partial charge in [-0.1, -0.05) is 24.3 Å². The summed E-state index contributed by atoms with van der Waals surface area (Å²) in [5.41, 5.74) is 2.37. The fourth-order valence-electron chi connectivity index (χ4n) is 2.95. The average molecular weight is 453 g/mol. The molecule has 148 valence electrons. The van der Waals surface area contributed by atoms with E-state index in [1.807, 2.05) is 37.3 Å². The maximum absolute atomic E-state index is 13.0. The van der Waals surface area contributed by atoms with Gasteiger partial charge in [-0.25, -0.2) is 0 Å². The van der Waals surface area contributed by atoms with E-state index in [4.69, 9.17) is 4.74 Å². The van der Waals surface area contributed by atoms with Crippen LogP contribution in [0.25, 0.3) is 0 Å². The number of amides is 2. The van der Waals surface area contributed by atoms with Crippen molar-refractivity contribution in [3.05, 3.63) is 88.4 Å². The van der Waals surface area contributed by atoms with Crippen molar-refractivity contribution in [1.82, 2.24) is 0 Å². The number of nitrogens with zero attached hydrogens (tertiary/aromatic N) is 1. The highest BCUT2D eigenvalue weighted by molar-refractivity contribution is 9.10. The monoisotopic (exact) mass is 452 g/mol. The Morgan fingerprint density at radius 2 is 1.72 bits per heavy atom. The second-order valence-electron chi connectivity index (χ2n) is 6.27. The topological polar surface area (TPSA) is 58.6 Å². The van der Waals surface area contributed by atoms with Crippen molar-refractivity contribution < 1.29 is 14.3 Å². The smallest absolute Gasteiger partial charge is 0.258 e. The second-order valence-corrected chi connectivity index (χ2v) is 7.12. The van der Waals surface area contributed by atoms with Gasteiger partial charge in [-0.05, 0) is 71.4 Å². The third-order valence-corrected chi connectivity index (χ3v) is 5.03. The molecule has 0 spiro atoms. The van der Waals surface area contributed by atoms with E-state index in [1.165, 1.54) is 0 Å². The zero-order valence-electron chi connectivity index (χ0n) is 16.2. The summed E-state index contributed by atoms with van der Waals surface area (Å²) >= 11 is 3.38. The Kier molecular flexibility index (Phi) is 6.67. The SMILES string of the molecule is CCN(C(=O)c1cccc(NC(=O)c2ccc(OC)c(Br)c2)c1)c1ccccc1. The number of para-hydroxylation sites is 1. The molecule has 5 nitrogen and oxygen atoms in total. The molecule has 0 saturated heterocycles. The summed E-state index contributed by atoms with van der Waals surface area (Å²) in [7, 11) is 1.57. The highest BCUT2D eigenvalue weighted by Crippen LogP contribution is 2.26. The van der Waals surface area contributed by atoms with Crippen molar-refractivity contribution in [3.63, 3.8) is 0 Å². The standard InChI is InChI=1S/C23H21BrN2O3/c1-3-26(19-10-5-4-6-11-19)23(28)17-8-7-9-18(14-17)25-22(27)16-12-13-21(29-2)20(24)15-16/h4-15H,3H2,1-2H3,(H,25,27). The van der Waals surface area contributed by atoms with E-state index in [0.717, 1.165) is 5.69 Å². The molecule has 1 N–H and O–H groups in total. The molecule has 0 aliphatic rings. The van der Waals surface area contributed by atoms with Crippen molar-refractivity contribution in [2.45, 2.75) is 6.92 Å². The molecule has 0 fully saturated rings. The number of benzene rings is 3. The van der Waals surface area contributed by atoms with Crippen LogP contribution >= 0.6 is 15.9 Å². The van der Waals surface area contributed by atoms with Crippen LogP contribution < -0.4 is 15.0 Å². The first-order valence-electron chi connectivity index (χ1n) is 9.15. The van der Waals surface area contributed by atoms with Gasteiger partial charge in [0.05, 0.1) is 11.6 Å². The molecule has 0 aliphatic carbocycles. The maximum Gasteiger partial charge on any atom is 0.258 e. The molecule has 2 amide bonds. The van der Waals surface area contributed by atoms with Crippen molar-refractivity contribution in [1.29, 1.82) is 0 Å². The van der Waals surface area contributed by atoms with E-state index in [2.05, 4.69) is 21.2 Å². The second kappa shape index (κ2) is 9.39. The normalized spacial score (nSPS) is 10.3. The minimum absolute atomic E-state index is 0.123. The Labute approximate surface area is 178 Å². The van der Waals surface area contributed by atoms with E-state index in [1.54, 1.807) is 54.5 Å². The zero-order chi connectivity index (χ0) is 20.8. The highest BCUT2D eigenvalue weighted by atomic mass is 79.9.